The Morgan fingerprint density at radius 1 is 1.43 bits per heavy atom. The Balaban J connectivity index is 2.14. The Kier molecular flexibility index (Phi) is 4.08. The van der Waals surface area contributed by atoms with Crippen LogP contribution in [0.4, 0.5) is 4.39 Å². The van der Waals surface area contributed by atoms with Crippen molar-refractivity contribution in [2.24, 2.45) is 16.5 Å². The van der Waals surface area contributed by atoms with Crippen molar-refractivity contribution in [2.75, 3.05) is 6.54 Å². The molecule has 21 heavy (non-hydrogen) atoms. The van der Waals surface area contributed by atoms with E-state index in [1.165, 1.54) is 6.07 Å². The average Bonchev–Trinajstić information content (AvgIpc) is 3.16. The summed E-state index contributed by atoms with van der Waals surface area (Å²) in [5.41, 5.74) is 0.221. The van der Waals surface area contributed by atoms with Gasteiger partial charge >= 0.3 is 0 Å². The first-order valence-electron chi connectivity index (χ1n) is 6.76. The van der Waals surface area contributed by atoms with Crippen LogP contribution in [0.3, 0.4) is 0 Å². The third-order valence-electron chi connectivity index (χ3n) is 4.22. The largest absolute Gasteiger partial charge is 0.351 e. The molecule has 0 aliphatic heterocycles. The van der Waals surface area contributed by atoms with Crippen LogP contribution in [0.2, 0.25) is 0 Å². The van der Waals surface area contributed by atoms with Crippen molar-refractivity contribution in [3.63, 3.8) is 0 Å². The minimum absolute atomic E-state index is 0.0833. The molecule has 7 heteroatoms. The molecule has 116 valence electrons. The summed E-state index contributed by atoms with van der Waals surface area (Å²) < 4.78 is 35.9. The highest BCUT2D eigenvalue weighted by atomic mass is 32.2. The van der Waals surface area contributed by atoms with Crippen molar-refractivity contribution in [2.45, 2.75) is 31.6 Å². The van der Waals surface area contributed by atoms with Crippen molar-refractivity contribution in [1.29, 1.82) is 0 Å². The van der Waals surface area contributed by atoms with Crippen LogP contribution in [0.5, 0.6) is 0 Å². The van der Waals surface area contributed by atoms with Gasteiger partial charge in [-0.2, -0.15) is 0 Å². The van der Waals surface area contributed by atoms with E-state index in [-0.39, 0.29) is 11.0 Å². The number of nitrogens with one attached hydrogen (secondary N) is 1. The van der Waals surface area contributed by atoms with Crippen LogP contribution < -0.4 is 10.5 Å². The van der Waals surface area contributed by atoms with Gasteiger partial charge in [0.25, 0.3) is 5.91 Å². The fraction of sp³-hybridized carbons (Fsp3) is 0.500. The quantitative estimate of drug-likeness (QED) is 0.866. The Hall–Kier alpha value is -1.47. The zero-order chi connectivity index (χ0) is 15.8. The lowest BCUT2D eigenvalue weighted by Gasteiger charge is -2.20. The number of rotatable bonds is 5. The number of hydrogen-bond donors (Lipinski definition) is 2. The van der Waals surface area contributed by atoms with E-state index in [1.54, 1.807) is 0 Å². The third-order valence-corrected chi connectivity index (χ3v) is 5.14. The van der Waals surface area contributed by atoms with Gasteiger partial charge in [0, 0.05) is 12.1 Å². The smallest absolute Gasteiger partial charge is 0.251 e. The Bertz CT molecular complexity index is 667. The molecule has 1 saturated carbocycles. The summed E-state index contributed by atoms with van der Waals surface area (Å²) in [5.74, 6) is -0.923. The van der Waals surface area contributed by atoms with Crippen LogP contribution in [0.25, 0.3) is 0 Å². The average molecular weight is 314 g/mol. The van der Waals surface area contributed by atoms with Gasteiger partial charge in [0.05, 0.1) is 0 Å². The molecule has 0 heterocycles. The van der Waals surface area contributed by atoms with Gasteiger partial charge in [0.1, 0.15) is 10.7 Å². The maximum Gasteiger partial charge on any atom is 0.251 e. The number of hydrogen-bond acceptors (Lipinski definition) is 3. The van der Waals surface area contributed by atoms with E-state index in [4.69, 9.17) is 5.14 Å². The SMILES string of the molecule is CC(C)C1(CNC(=O)c2ccc(F)c(S(N)(=O)=O)c2)CC1. The van der Waals surface area contributed by atoms with Crippen molar-refractivity contribution < 1.29 is 17.6 Å². The van der Waals surface area contributed by atoms with Gasteiger partial charge < -0.3 is 5.32 Å². The highest BCUT2D eigenvalue weighted by Gasteiger charge is 2.45. The van der Waals surface area contributed by atoms with Gasteiger partial charge in [-0.25, -0.2) is 17.9 Å². The summed E-state index contributed by atoms with van der Waals surface area (Å²) in [5, 5.41) is 7.70. The molecule has 1 aromatic carbocycles. The van der Waals surface area contributed by atoms with Gasteiger partial charge in [-0.1, -0.05) is 13.8 Å². The molecule has 1 aromatic rings. The maximum atomic E-state index is 13.4. The molecule has 0 spiro atoms. The van der Waals surface area contributed by atoms with Crippen molar-refractivity contribution in [3.8, 4) is 0 Å². The first-order chi connectivity index (χ1) is 9.66. The number of amides is 1. The second-order valence-corrected chi connectivity index (χ2v) is 7.42. The summed E-state index contributed by atoms with van der Waals surface area (Å²) in [4.78, 5) is 11.4. The molecular formula is C14H19FN2O3S. The number of nitrogens with two attached hydrogens (primary N) is 1. The van der Waals surface area contributed by atoms with Gasteiger partial charge in [0.2, 0.25) is 10.0 Å². The van der Waals surface area contributed by atoms with E-state index in [1.807, 2.05) is 0 Å². The summed E-state index contributed by atoms with van der Waals surface area (Å²) in [6.07, 6.45) is 2.13. The predicted molar refractivity (Wildman–Crippen MR) is 76.6 cm³/mol. The lowest BCUT2D eigenvalue weighted by Crippen LogP contribution is -2.32. The predicted octanol–water partition coefficient (Wildman–Crippen LogP) is 1.64. The fourth-order valence-electron chi connectivity index (χ4n) is 2.34. The standard InChI is InChI=1S/C14H19FN2O3S/c1-9(2)14(5-6-14)8-17-13(18)10-3-4-11(15)12(7-10)21(16,19)20/h3-4,7,9H,5-6,8H2,1-2H3,(H,17,18)(H2,16,19,20). The molecule has 0 bridgehead atoms. The summed E-state index contributed by atoms with van der Waals surface area (Å²) in [6, 6.07) is 3.15. The second-order valence-electron chi connectivity index (χ2n) is 5.89. The number of sulfonamides is 1. The second kappa shape index (κ2) is 5.38. The Morgan fingerprint density at radius 3 is 2.52 bits per heavy atom. The number of halogens is 1. The summed E-state index contributed by atoms with van der Waals surface area (Å²) in [6.45, 7) is 4.75. The van der Waals surface area contributed by atoms with E-state index in [2.05, 4.69) is 19.2 Å². The molecule has 0 atom stereocenters. The summed E-state index contributed by atoms with van der Waals surface area (Å²) >= 11 is 0. The number of carbonyl (C=O) groups excluding carboxylic acids is 1. The molecule has 1 aliphatic rings. The monoisotopic (exact) mass is 314 g/mol. The van der Waals surface area contributed by atoms with E-state index in [9.17, 15) is 17.6 Å². The van der Waals surface area contributed by atoms with Crippen molar-refractivity contribution >= 4 is 15.9 Å². The van der Waals surface area contributed by atoms with Crippen LogP contribution in [0.15, 0.2) is 23.1 Å². The molecule has 0 unspecified atom stereocenters. The molecule has 1 fully saturated rings. The van der Waals surface area contributed by atoms with Crippen molar-refractivity contribution in [1.82, 2.24) is 5.32 Å². The topological polar surface area (TPSA) is 89.3 Å². The van der Waals surface area contributed by atoms with Crippen LogP contribution in [-0.4, -0.2) is 20.9 Å². The summed E-state index contributed by atoms with van der Waals surface area (Å²) in [7, 11) is -4.19. The van der Waals surface area contributed by atoms with E-state index in [0.717, 1.165) is 25.0 Å². The normalized spacial score (nSPS) is 16.8. The molecule has 5 nitrogen and oxygen atoms in total. The number of carbonyl (C=O) groups is 1. The highest BCUT2D eigenvalue weighted by Crippen LogP contribution is 2.51. The van der Waals surface area contributed by atoms with Crippen LogP contribution in [0, 0.1) is 17.2 Å². The van der Waals surface area contributed by atoms with Gasteiger partial charge in [0.15, 0.2) is 0 Å². The lowest BCUT2D eigenvalue weighted by molar-refractivity contribution is 0.0939. The van der Waals surface area contributed by atoms with E-state index in [0.29, 0.717) is 12.5 Å². The van der Waals surface area contributed by atoms with Gasteiger partial charge in [-0.3, -0.25) is 4.79 Å². The maximum absolute atomic E-state index is 13.4. The first-order valence-corrected chi connectivity index (χ1v) is 8.31. The van der Waals surface area contributed by atoms with E-state index < -0.39 is 26.6 Å². The minimum Gasteiger partial charge on any atom is -0.351 e. The van der Waals surface area contributed by atoms with Gasteiger partial charge in [-0.05, 0) is 42.4 Å². The molecule has 0 radical (unpaired) electrons. The van der Waals surface area contributed by atoms with Crippen LogP contribution in [-0.2, 0) is 10.0 Å². The third kappa shape index (κ3) is 3.41. The number of primary sulfonamides is 1. The van der Waals surface area contributed by atoms with Crippen molar-refractivity contribution in [3.05, 3.63) is 29.6 Å². The molecule has 3 N–H and O–H groups in total. The molecule has 2 rings (SSSR count). The molecule has 0 aromatic heterocycles. The number of benzene rings is 1. The molecule has 1 aliphatic carbocycles. The molecule has 1 amide bonds. The molecular weight excluding hydrogens is 295 g/mol. The fourth-order valence-corrected chi connectivity index (χ4v) is 2.97. The Labute approximate surface area is 123 Å². The lowest BCUT2D eigenvalue weighted by atomic mass is 9.92. The first kappa shape index (κ1) is 15.9. The van der Waals surface area contributed by atoms with Crippen LogP contribution >= 0.6 is 0 Å². The van der Waals surface area contributed by atoms with Crippen LogP contribution in [0.1, 0.15) is 37.0 Å². The molecule has 0 saturated heterocycles. The minimum atomic E-state index is -4.19. The van der Waals surface area contributed by atoms with Gasteiger partial charge in [-0.15, -0.1) is 0 Å². The Morgan fingerprint density at radius 2 is 2.05 bits per heavy atom. The highest BCUT2D eigenvalue weighted by molar-refractivity contribution is 7.89. The van der Waals surface area contributed by atoms with E-state index >= 15 is 0 Å². The zero-order valence-corrected chi connectivity index (χ0v) is 12.8. The zero-order valence-electron chi connectivity index (χ0n) is 12.0.